The zero-order chi connectivity index (χ0) is 14.1. The van der Waals surface area contributed by atoms with Crippen molar-refractivity contribution < 1.29 is 13.9 Å². The summed E-state index contributed by atoms with van der Waals surface area (Å²) in [6, 6.07) is 4.51. The fourth-order valence-electron chi connectivity index (χ4n) is 2.54. The van der Waals surface area contributed by atoms with Crippen molar-refractivity contribution in [1.29, 1.82) is 0 Å². The highest BCUT2D eigenvalue weighted by atomic mass is 32.1. The van der Waals surface area contributed by atoms with Gasteiger partial charge < -0.3 is 4.74 Å². The van der Waals surface area contributed by atoms with E-state index in [1.807, 2.05) is 0 Å². The van der Waals surface area contributed by atoms with Crippen LogP contribution < -0.4 is 0 Å². The number of rotatable bonds is 4. The van der Waals surface area contributed by atoms with Gasteiger partial charge in [-0.15, -0.1) is 11.3 Å². The second-order valence-electron chi connectivity index (χ2n) is 5.26. The molecule has 5 heteroatoms. The molecule has 3 nitrogen and oxygen atoms in total. The molecule has 0 saturated carbocycles. The summed E-state index contributed by atoms with van der Waals surface area (Å²) in [4.78, 5) is 14.3. The van der Waals surface area contributed by atoms with E-state index in [0.717, 1.165) is 25.6 Å². The van der Waals surface area contributed by atoms with Crippen LogP contribution in [-0.4, -0.2) is 37.1 Å². The minimum atomic E-state index is -0.369. The second kappa shape index (κ2) is 5.50. The van der Waals surface area contributed by atoms with E-state index in [1.165, 1.54) is 23.5 Å². The summed E-state index contributed by atoms with van der Waals surface area (Å²) in [6.45, 7) is 5.50. The topological polar surface area (TPSA) is 29.5 Å². The Hall–Kier alpha value is -1.46. The molecule has 0 N–H and O–H groups in total. The first-order chi connectivity index (χ1) is 9.65. The molecule has 1 aliphatic heterocycles. The van der Waals surface area contributed by atoms with Gasteiger partial charge in [0.25, 0.3) is 0 Å². The number of hydrogen-bond donors (Lipinski definition) is 0. The van der Waals surface area contributed by atoms with Crippen molar-refractivity contribution in [3.63, 3.8) is 0 Å². The fraction of sp³-hybridized carbons (Fsp3) is 0.400. The van der Waals surface area contributed by atoms with Crippen molar-refractivity contribution in [3.05, 3.63) is 35.0 Å². The van der Waals surface area contributed by atoms with Crippen molar-refractivity contribution in [2.24, 2.45) is 5.92 Å². The van der Waals surface area contributed by atoms with E-state index in [2.05, 4.69) is 11.8 Å². The third-order valence-corrected chi connectivity index (χ3v) is 4.51. The molecule has 1 saturated heterocycles. The largest absolute Gasteiger partial charge is 0.461 e. The van der Waals surface area contributed by atoms with Crippen molar-refractivity contribution in [3.8, 4) is 0 Å². The molecule has 0 aliphatic carbocycles. The molecule has 0 spiro atoms. The molecule has 0 radical (unpaired) electrons. The molecular formula is C15H16FNO2S. The van der Waals surface area contributed by atoms with Gasteiger partial charge in [0.1, 0.15) is 12.4 Å². The minimum absolute atomic E-state index is 0.299. The smallest absolute Gasteiger partial charge is 0.339 e. The SMILES string of the molecule is CC1CN(CCOC(=O)c2ccc(F)c3ccsc23)C1. The average Bonchev–Trinajstić information content (AvgIpc) is 2.87. The Labute approximate surface area is 121 Å². The van der Waals surface area contributed by atoms with Gasteiger partial charge in [0.2, 0.25) is 0 Å². The normalized spacial score (nSPS) is 16.3. The number of esters is 1. The summed E-state index contributed by atoms with van der Waals surface area (Å²) in [6.07, 6.45) is 0. The molecule has 0 unspecified atom stereocenters. The molecule has 3 rings (SSSR count). The van der Waals surface area contributed by atoms with Crippen LogP contribution in [0.4, 0.5) is 4.39 Å². The Balaban J connectivity index is 1.64. The predicted octanol–water partition coefficient (Wildman–Crippen LogP) is 3.15. The first kappa shape index (κ1) is 13.5. The summed E-state index contributed by atoms with van der Waals surface area (Å²) in [7, 11) is 0. The molecule has 1 aromatic heterocycles. The van der Waals surface area contributed by atoms with Crippen LogP contribution in [-0.2, 0) is 4.74 Å². The first-order valence-corrected chi connectivity index (χ1v) is 7.58. The van der Waals surface area contributed by atoms with E-state index in [0.29, 0.717) is 22.3 Å². The van der Waals surface area contributed by atoms with Gasteiger partial charge in [0.15, 0.2) is 0 Å². The maximum absolute atomic E-state index is 13.6. The van der Waals surface area contributed by atoms with E-state index >= 15 is 0 Å². The highest BCUT2D eigenvalue weighted by Crippen LogP contribution is 2.27. The Bertz CT molecular complexity index is 634. The molecular weight excluding hydrogens is 277 g/mol. The fourth-order valence-corrected chi connectivity index (χ4v) is 3.46. The van der Waals surface area contributed by atoms with Crippen LogP contribution in [0, 0.1) is 11.7 Å². The Morgan fingerprint density at radius 3 is 3.00 bits per heavy atom. The summed E-state index contributed by atoms with van der Waals surface area (Å²) in [5.41, 5.74) is 0.452. The number of thiophene rings is 1. The van der Waals surface area contributed by atoms with Gasteiger partial charge in [-0.25, -0.2) is 9.18 Å². The van der Waals surface area contributed by atoms with E-state index in [9.17, 15) is 9.18 Å². The van der Waals surface area contributed by atoms with Crippen molar-refractivity contribution >= 4 is 27.4 Å². The first-order valence-electron chi connectivity index (χ1n) is 6.70. The molecule has 1 aromatic carbocycles. The lowest BCUT2D eigenvalue weighted by molar-refractivity contribution is 0.0360. The van der Waals surface area contributed by atoms with Gasteiger partial charge in [-0.3, -0.25) is 4.90 Å². The van der Waals surface area contributed by atoms with Crippen molar-refractivity contribution in [2.45, 2.75) is 6.92 Å². The molecule has 2 heterocycles. The third kappa shape index (κ3) is 2.55. The van der Waals surface area contributed by atoms with E-state index in [1.54, 1.807) is 11.4 Å². The monoisotopic (exact) mass is 293 g/mol. The van der Waals surface area contributed by atoms with E-state index < -0.39 is 0 Å². The van der Waals surface area contributed by atoms with Crippen LogP contribution in [0.15, 0.2) is 23.6 Å². The number of benzene rings is 1. The van der Waals surface area contributed by atoms with Gasteiger partial charge >= 0.3 is 5.97 Å². The van der Waals surface area contributed by atoms with Gasteiger partial charge in [0.05, 0.1) is 10.3 Å². The van der Waals surface area contributed by atoms with Gasteiger partial charge in [-0.2, -0.15) is 0 Å². The second-order valence-corrected chi connectivity index (χ2v) is 6.18. The van der Waals surface area contributed by atoms with Crippen molar-refractivity contribution in [2.75, 3.05) is 26.2 Å². The van der Waals surface area contributed by atoms with Crippen LogP contribution in [0.1, 0.15) is 17.3 Å². The standard InChI is InChI=1S/C15H16FNO2S/c1-10-8-17(9-10)5-6-19-15(18)12-2-3-13(16)11-4-7-20-14(11)12/h2-4,7,10H,5-6,8-9H2,1H3. The van der Waals surface area contributed by atoms with Crippen LogP contribution in [0.2, 0.25) is 0 Å². The zero-order valence-electron chi connectivity index (χ0n) is 11.3. The number of fused-ring (bicyclic) bond motifs is 1. The van der Waals surface area contributed by atoms with Crippen LogP contribution in [0.25, 0.3) is 10.1 Å². The molecule has 106 valence electrons. The lowest BCUT2D eigenvalue weighted by Gasteiger charge is -2.36. The lowest BCUT2D eigenvalue weighted by Crippen LogP contribution is -2.46. The number of carbonyl (C=O) groups is 1. The number of ether oxygens (including phenoxy) is 1. The predicted molar refractivity (Wildman–Crippen MR) is 77.7 cm³/mol. The quantitative estimate of drug-likeness (QED) is 0.811. The summed E-state index contributed by atoms with van der Waals surface area (Å²) in [5.74, 6) is 0.0759. The Kier molecular flexibility index (Phi) is 3.72. The van der Waals surface area contributed by atoms with Crippen molar-refractivity contribution in [1.82, 2.24) is 4.90 Å². The number of likely N-dealkylation sites (tertiary alicyclic amines) is 1. The maximum Gasteiger partial charge on any atom is 0.339 e. The number of hydrogen-bond acceptors (Lipinski definition) is 4. The Morgan fingerprint density at radius 1 is 1.45 bits per heavy atom. The number of carbonyl (C=O) groups excluding carboxylic acids is 1. The molecule has 2 aromatic rings. The average molecular weight is 293 g/mol. The highest BCUT2D eigenvalue weighted by Gasteiger charge is 2.22. The van der Waals surface area contributed by atoms with Gasteiger partial charge in [0, 0.05) is 25.0 Å². The minimum Gasteiger partial charge on any atom is -0.461 e. The summed E-state index contributed by atoms with van der Waals surface area (Å²) >= 11 is 1.36. The molecule has 0 bridgehead atoms. The molecule has 0 amide bonds. The van der Waals surface area contributed by atoms with Gasteiger partial charge in [-0.05, 0) is 29.5 Å². The summed E-state index contributed by atoms with van der Waals surface area (Å²) < 4.78 is 19.5. The summed E-state index contributed by atoms with van der Waals surface area (Å²) in [5, 5.41) is 2.27. The molecule has 1 aliphatic rings. The zero-order valence-corrected chi connectivity index (χ0v) is 12.1. The molecule has 0 atom stereocenters. The van der Waals surface area contributed by atoms with Crippen LogP contribution in [0.3, 0.4) is 0 Å². The van der Waals surface area contributed by atoms with Gasteiger partial charge in [-0.1, -0.05) is 6.92 Å². The number of nitrogens with zero attached hydrogens (tertiary/aromatic N) is 1. The highest BCUT2D eigenvalue weighted by molar-refractivity contribution is 7.17. The van der Waals surface area contributed by atoms with Crippen LogP contribution >= 0.6 is 11.3 Å². The third-order valence-electron chi connectivity index (χ3n) is 3.56. The Morgan fingerprint density at radius 2 is 2.25 bits per heavy atom. The van der Waals surface area contributed by atoms with Crippen LogP contribution in [0.5, 0.6) is 0 Å². The molecule has 20 heavy (non-hydrogen) atoms. The lowest BCUT2D eigenvalue weighted by atomic mass is 10.0. The maximum atomic E-state index is 13.6. The van der Waals surface area contributed by atoms with E-state index in [4.69, 9.17) is 4.74 Å². The molecule has 1 fully saturated rings. The number of halogens is 1. The van der Waals surface area contributed by atoms with E-state index in [-0.39, 0.29) is 11.8 Å².